The van der Waals surface area contributed by atoms with E-state index in [2.05, 4.69) is 35.3 Å². The summed E-state index contributed by atoms with van der Waals surface area (Å²) in [5, 5.41) is 10.1. The first kappa shape index (κ1) is 32.3. The summed E-state index contributed by atoms with van der Waals surface area (Å²) < 4.78 is 29.6. The summed E-state index contributed by atoms with van der Waals surface area (Å²) in [5.41, 5.74) is 5.15. The van der Waals surface area contributed by atoms with Crippen LogP contribution in [-0.2, 0) is 27.4 Å². The zero-order valence-corrected chi connectivity index (χ0v) is 27.3. The molecule has 2 aliphatic heterocycles. The minimum atomic E-state index is -0.655. The van der Waals surface area contributed by atoms with E-state index in [9.17, 15) is 9.90 Å². The zero-order chi connectivity index (χ0) is 32.9. The van der Waals surface area contributed by atoms with E-state index in [0.29, 0.717) is 50.1 Å². The Bertz CT molecular complexity index is 1680. The SMILES string of the molecule is COc1cc(C2CN(C(=O)c3cc(COCC4(CO)COC(c5ccccc5)OC4)ccn3)C2)ccc1OCc1ccc(C2CC2)cc1. The highest BCUT2D eigenvalue weighted by molar-refractivity contribution is 5.93. The smallest absolute Gasteiger partial charge is 0.272 e. The largest absolute Gasteiger partial charge is 0.493 e. The number of nitrogens with zero attached hydrogens (tertiary/aromatic N) is 2. The number of likely N-dealkylation sites (tertiary alicyclic amines) is 1. The molecule has 1 aliphatic carbocycles. The molecular formula is C39H42N2O7. The molecule has 3 fully saturated rings. The average molecular weight is 651 g/mol. The second-order valence-electron chi connectivity index (χ2n) is 13.2. The van der Waals surface area contributed by atoms with E-state index >= 15 is 0 Å². The monoisotopic (exact) mass is 650 g/mol. The summed E-state index contributed by atoms with van der Waals surface area (Å²) in [4.78, 5) is 19.4. The van der Waals surface area contributed by atoms with E-state index < -0.39 is 11.7 Å². The lowest BCUT2D eigenvalue weighted by Gasteiger charge is -2.39. The van der Waals surface area contributed by atoms with E-state index in [1.807, 2.05) is 48.5 Å². The zero-order valence-electron chi connectivity index (χ0n) is 27.3. The van der Waals surface area contributed by atoms with Crippen LogP contribution >= 0.6 is 0 Å². The van der Waals surface area contributed by atoms with Crippen LogP contribution in [0.4, 0.5) is 0 Å². The van der Waals surface area contributed by atoms with Crippen LogP contribution in [0.25, 0.3) is 0 Å². The fourth-order valence-corrected chi connectivity index (χ4v) is 6.22. The van der Waals surface area contributed by atoms with E-state index in [1.165, 1.54) is 18.4 Å². The number of carbonyl (C=O) groups is 1. The molecular weight excluding hydrogens is 608 g/mol. The molecule has 0 spiro atoms. The Labute approximate surface area is 281 Å². The Kier molecular flexibility index (Phi) is 9.72. The lowest BCUT2D eigenvalue weighted by atomic mass is 9.91. The van der Waals surface area contributed by atoms with Gasteiger partial charge < -0.3 is 33.7 Å². The molecule has 0 radical (unpaired) electrons. The molecule has 48 heavy (non-hydrogen) atoms. The Morgan fingerprint density at radius 3 is 2.31 bits per heavy atom. The number of ether oxygens (including phenoxy) is 5. The van der Waals surface area contributed by atoms with Gasteiger partial charge in [0, 0.05) is 30.8 Å². The van der Waals surface area contributed by atoms with Crippen molar-refractivity contribution in [1.82, 2.24) is 9.88 Å². The van der Waals surface area contributed by atoms with Crippen molar-refractivity contribution in [3.63, 3.8) is 0 Å². The maximum Gasteiger partial charge on any atom is 0.272 e. The number of aliphatic hydroxyl groups excluding tert-OH is 1. The minimum Gasteiger partial charge on any atom is -0.493 e. The maximum absolute atomic E-state index is 13.3. The number of methoxy groups -OCH3 is 1. The van der Waals surface area contributed by atoms with E-state index in [-0.39, 0.29) is 31.6 Å². The second-order valence-corrected chi connectivity index (χ2v) is 13.2. The van der Waals surface area contributed by atoms with Crippen LogP contribution in [-0.4, -0.2) is 67.5 Å². The Morgan fingerprint density at radius 1 is 0.854 bits per heavy atom. The topological polar surface area (TPSA) is 99.6 Å². The van der Waals surface area contributed by atoms with Gasteiger partial charge in [0.2, 0.25) is 0 Å². The van der Waals surface area contributed by atoms with Gasteiger partial charge >= 0.3 is 0 Å². The Balaban J connectivity index is 0.883. The van der Waals surface area contributed by atoms with Crippen LogP contribution < -0.4 is 9.47 Å². The molecule has 7 rings (SSSR count). The molecule has 2 saturated heterocycles. The average Bonchev–Trinajstić information content (AvgIpc) is 3.97. The first-order chi connectivity index (χ1) is 23.5. The summed E-state index contributed by atoms with van der Waals surface area (Å²) in [6.07, 6.45) is 3.77. The molecule has 0 unspecified atom stereocenters. The predicted octanol–water partition coefficient (Wildman–Crippen LogP) is 6.03. The van der Waals surface area contributed by atoms with Gasteiger partial charge in [-0.1, -0.05) is 60.7 Å². The number of amides is 1. The number of aliphatic hydroxyl groups is 1. The molecule has 9 nitrogen and oxygen atoms in total. The van der Waals surface area contributed by atoms with Crippen molar-refractivity contribution in [2.75, 3.05) is 46.6 Å². The van der Waals surface area contributed by atoms with Gasteiger partial charge in [-0.25, -0.2) is 0 Å². The van der Waals surface area contributed by atoms with Crippen LogP contribution in [0.1, 0.15) is 69.3 Å². The van der Waals surface area contributed by atoms with E-state index in [0.717, 1.165) is 28.2 Å². The number of aromatic nitrogens is 1. The molecule has 1 N–H and O–H groups in total. The molecule has 3 heterocycles. The van der Waals surface area contributed by atoms with Gasteiger partial charge in [-0.3, -0.25) is 9.78 Å². The van der Waals surface area contributed by atoms with Gasteiger partial charge in [-0.15, -0.1) is 0 Å². The summed E-state index contributed by atoms with van der Waals surface area (Å²) in [5.74, 6) is 2.22. The minimum absolute atomic E-state index is 0.111. The number of rotatable bonds is 13. The summed E-state index contributed by atoms with van der Waals surface area (Å²) >= 11 is 0. The van der Waals surface area contributed by atoms with Gasteiger partial charge in [0.15, 0.2) is 17.8 Å². The van der Waals surface area contributed by atoms with Gasteiger partial charge in [0.25, 0.3) is 5.91 Å². The number of benzene rings is 3. The number of carbonyl (C=O) groups excluding carboxylic acids is 1. The molecule has 1 amide bonds. The highest BCUT2D eigenvalue weighted by Gasteiger charge is 2.38. The molecule has 1 saturated carbocycles. The standard InChI is InChI=1S/C39H42N2O7/c1-44-36-18-32(13-14-35(36)46-22-27-7-9-29(10-8-27)30-11-12-30)33-19-41(20-33)37(43)34-17-28(15-16-40-34)21-45-24-39(23-42)25-47-38(48-26-39)31-5-3-2-4-6-31/h2-10,13-18,30,33,38,42H,11-12,19-26H2,1H3. The Hall–Kier alpha value is -4.28. The lowest BCUT2D eigenvalue weighted by molar-refractivity contribution is -0.252. The molecule has 3 aliphatic rings. The van der Waals surface area contributed by atoms with E-state index in [4.69, 9.17) is 23.7 Å². The fraction of sp³-hybridized carbons (Fsp3) is 0.385. The third-order valence-electron chi connectivity index (χ3n) is 9.46. The van der Waals surface area contributed by atoms with Crippen LogP contribution in [0.15, 0.2) is 91.1 Å². The van der Waals surface area contributed by atoms with Crippen molar-refractivity contribution in [3.05, 3.63) is 125 Å². The maximum atomic E-state index is 13.3. The third-order valence-corrected chi connectivity index (χ3v) is 9.46. The third kappa shape index (κ3) is 7.39. The van der Waals surface area contributed by atoms with Crippen LogP contribution in [0.3, 0.4) is 0 Å². The summed E-state index contributed by atoms with van der Waals surface area (Å²) in [7, 11) is 1.65. The van der Waals surface area contributed by atoms with Crippen molar-refractivity contribution < 1.29 is 33.6 Å². The molecule has 0 bridgehead atoms. The molecule has 0 atom stereocenters. The van der Waals surface area contributed by atoms with Crippen molar-refractivity contribution in [1.29, 1.82) is 0 Å². The molecule has 1 aromatic heterocycles. The predicted molar refractivity (Wildman–Crippen MR) is 179 cm³/mol. The van der Waals surface area contributed by atoms with Gasteiger partial charge in [0.05, 0.1) is 45.6 Å². The normalized spacial score (nSPS) is 21.0. The van der Waals surface area contributed by atoms with Crippen LogP contribution in [0, 0.1) is 5.41 Å². The Morgan fingerprint density at radius 2 is 1.60 bits per heavy atom. The fourth-order valence-electron chi connectivity index (χ4n) is 6.22. The number of hydrogen-bond acceptors (Lipinski definition) is 8. The van der Waals surface area contributed by atoms with Crippen LogP contribution in [0.2, 0.25) is 0 Å². The number of pyridine rings is 1. The van der Waals surface area contributed by atoms with Gasteiger partial charge in [0.1, 0.15) is 12.3 Å². The first-order valence-corrected chi connectivity index (χ1v) is 16.6. The second kappa shape index (κ2) is 14.5. The van der Waals surface area contributed by atoms with Crippen molar-refractivity contribution in [3.8, 4) is 11.5 Å². The highest BCUT2D eigenvalue weighted by atomic mass is 16.7. The van der Waals surface area contributed by atoms with Crippen molar-refractivity contribution in [2.24, 2.45) is 5.41 Å². The van der Waals surface area contributed by atoms with E-state index in [1.54, 1.807) is 24.3 Å². The molecule has 250 valence electrons. The van der Waals surface area contributed by atoms with Gasteiger partial charge in [-0.2, -0.15) is 0 Å². The summed E-state index contributed by atoms with van der Waals surface area (Å²) in [6, 6.07) is 28.1. The van der Waals surface area contributed by atoms with Crippen LogP contribution in [0.5, 0.6) is 11.5 Å². The van der Waals surface area contributed by atoms with Crippen molar-refractivity contribution >= 4 is 5.91 Å². The molecule has 3 aromatic carbocycles. The lowest BCUT2D eigenvalue weighted by Crippen LogP contribution is -2.48. The quantitative estimate of drug-likeness (QED) is 0.187. The highest BCUT2D eigenvalue weighted by Crippen LogP contribution is 2.40. The summed E-state index contributed by atoms with van der Waals surface area (Å²) in [6.45, 7) is 2.71. The molecule has 4 aromatic rings. The molecule has 9 heteroatoms. The van der Waals surface area contributed by atoms with Crippen molar-refractivity contribution in [2.45, 2.75) is 44.2 Å². The number of hydrogen-bond donors (Lipinski definition) is 1. The first-order valence-electron chi connectivity index (χ1n) is 16.6. The van der Waals surface area contributed by atoms with Gasteiger partial charge in [-0.05, 0) is 65.3 Å².